The van der Waals surface area contributed by atoms with Gasteiger partial charge in [-0.3, -0.25) is 4.84 Å². The smallest absolute Gasteiger partial charge is 0.192 e. The Labute approximate surface area is 182 Å². The predicted octanol–water partition coefficient (Wildman–Crippen LogP) is 4.48. The van der Waals surface area contributed by atoms with Gasteiger partial charge in [-0.05, 0) is 36.7 Å². The van der Waals surface area contributed by atoms with Gasteiger partial charge in [0.15, 0.2) is 14.6 Å². The Morgan fingerprint density at radius 1 is 1.17 bits per heavy atom. The number of rotatable bonds is 6. The first-order valence-corrected chi connectivity index (χ1v) is 13.7. The van der Waals surface area contributed by atoms with Crippen molar-refractivity contribution in [1.29, 1.82) is 0 Å². The summed E-state index contributed by atoms with van der Waals surface area (Å²) in [6.45, 7) is 14.8. The zero-order valence-electron chi connectivity index (χ0n) is 19.4. The molecule has 3 rings (SSSR count). The topological polar surface area (TPSA) is 49.4 Å². The second-order valence-electron chi connectivity index (χ2n) is 9.53. The first-order valence-electron chi connectivity index (χ1n) is 10.7. The fourth-order valence-corrected chi connectivity index (χ4v) is 4.92. The summed E-state index contributed by atoms with van der Waals surface area (Å²) in [4.78, 5) is 6.07. The molecule has 2 aliphatic rings. The van der Waals surface area contributed by atoms with E-state index in [9.17, 15) is 0 Å². The number of ether oxygens (including phenoxy) is 3. The molecule has 4 atom stereocenters. The highest BCUT2D eigenvalue weighted by Gasteiger charge is 2.48. The Bertz CT molecular complexity index is 718. The van der Waals surface area contributed by atoms with E-state index in [1.165, 1.54) is 5.56 Å². The van der Waals surface area contributed by atoms with E-state index in [1.54, 1.807) is 7.11 Å². The van der Waals surface area contributed by atoms with Gasteiger partial charge in [-0.25, -0.2) is 0 Å². The molecular formula is C23H37NO5Si. The fraction of sp³-hybridized carbons (Fsp3) is 0.652. The first-order chi connectivity index (χ1) is 14.1. The maximum Gasteiger partial charge on any atom is 0.192 e. The molecule has 0 aliphatic carbocycles. The van der Waals surface area contributed by atoms with E-state index < -0.39 is 8.32 Å². The van der Waals surface area contributed by atoms with Crippen LogP contribution >= 0.6 is 0 Å². The van der Waals surface area contributed by atoms with Crippen molar-refractivity contribution in [2.24, 2.45) is 0 Å². The summed E-state index contributed by atoms with van der Waals surface area (Å²) in [5, 5.41) is 2.06. The van der Waals surface area contributed by atoms with Crippen molar-refractivity contribution >= 4 is 8.32 Å². The van der Waals surface area contributed by atoms with Crippen LogP contribution in [0, 0.1) is 0 Å². The third kappa shape index (κ3) is 5.33. The van der Waals surface area contributed by atoms with Crippen LogP contribution in [0.3, 0.4) is 0 Å². The molecule has 0 spiro atoms. The van der Waals surface area contributed by atoms with Crippen LogP contribution in [0.1, 0.15) is 33.3 Å². The number of hydrogen-bond acceptors (Lipinski definition) is 6. The third-order valence-electron chi connectivity index (χ3n) is 6.32. The van der Waals surface area contributed by atoms with Gasteiger partial charge < -0.3 is 18.6 Å². The van der Waals surface area contributed by atoms with Crippen molar-refractivity contribution in [2.75, 3.05) is 20.3 Å². The summed E-state index contributed by atoms with van der Waals surface area (Å²) >= 11 is 0. The lowest BCUT2D eigenvalue weighted by molar-refractivity contribution is -0.288. The van der Waals surface area contributed by atoms with E-state index in [0.717, 1.165) is 5.76 Å². The molecule has 1 aromatic carbocycles. The molecule has 2 heterocycles. The normalized spacial score (nSPS) is 28.8. The van der Waals surface area contributed by atoms with Crippen LogP contribution in [-0.2, 0) is 30.0 Å². The monoisotopic (exact) mass is 435 g/mol. The molecule has 0 amide bonds. The van der Waals surface area contributed by atoms with Crippen molar-refractivity contribution in [3.63, 3.8) is 0 Å². The second kappa shape index (κ2) is 9.50. The van der Waals surface area contributed by atoms with Crippen molar-refractivity contribution in [3.05, 3.63) is 47.7 Å². The number of methoxy groups -OCH3 is 1. The van der Waals surface area contributed by atoms with Crippen LogP contribution in [0.15, 0.2) is 42.2 Å². The Morgan fingerprint density at radius 3 is 2.50 bits per heavy atom. The van der Waals surface area contributed by atoms with Crippen LogP contribution in [0.25, 0.3) is 0 Å². The molecule has 0 bridgehead atoms. The highest BCUT2D eigenvalue weighted by molar-refractivity contribution is 6.74. The first kappa shape index (κ1) is 23.4. The molecule has 7 heteroatoms. The Morgan fingerprint density at radius 2 is 1.87 bits per heavy atom. The van der Waals surface area contributed by atoms with Gasteiger partial charge in [0, 0.05) is 0 Å². The molecule has 30 heavy (non-hydrogen) atoms. The highest BCUT2D eigenvalue weighted by Crippen LogP contribution is 2.39. The van der Waals surface area contributed by atoms with Crippen LogP contribution in [-0.4, -0.2) is 58.2 Å². The second-order valence-corrected chi connectivity index (χ2v) is 14.3. The van der Waals surface area contributed by atoms with Gasteiger partial charge in [-0.15, -0.1) is 0 Å². The highest BCUT2D eigenvalue weighted by atomic mass is 28.4. The summed E-state index contributed by atoms with van der Waals surface area (Å²) in [5.41, 5.74) is 1.17. The van der Waals surface area contributed by atoms with Gasteiger partial charge >= 0.3 is 0 Å². The summed E-state index contributed by atoms with van der Waals surface area (Å²) in [5.74, 6) is 0.847. The standard InChI is InChI=1S/C23H37NO5Si/c1-17-26-16-20(29-30(6,7)23(2,3)4)22(28-17)21-19(25-5)13-14-27-24(21)15-18-11-9-8-10-12-18/h8-13,17,20-22H,14-16H2,1-7H3/t17-,20-,21-,22-/m1/s1. The lowest BCUT2D eigenvalue weighted by Crippen LogP contribution is -2.60. The Hall–Kier alpha value is -1.22. The van der Waals surface area contributed by atoms with Gasteiger partial charge in [-0.2, -0.15) is 5.06 Å². The Kier molecular flexibility index (Phi) is 7.43. The molecule has 2 aliphatic heterocycles. The minimum absolute atomic E-state index is 0.0906. The van der Waals surface area contributed by atoms with E-state index in [0.29, 0.717) is 19.8 Å². The van der Waals surface area contributed by atoms with Crippen molar-refractivity contribution in [2.45, 2.75) is 76.9 Å². The largest absolute Gasteiger partial charge is 0.499 e. The van der Waals surface area contributed by atoms with Crippen molar-refractivity contribution in [1.82, 2.24) is 5.06 Å². The lowest BCUT2D eigenvalue weighted by atomic mass is 10.0. The molecule has 1 saturated heterocycles. The Balaban J connectivity index is 1.90. The van der Waals surface area contributed by atoms with Crippen LogP contribution in [0.2, 0.25) is 18.1 Å². The van der Waals surface area contributed by atoms with Crippen LogP contribution in [0.5, 0.6) is 0 Å². The number of benzene rings is 1. The van der Waals surface area contributed by atoms with Gasteiger partial charge in [0.05, 0.1) is 33.0 Å². The van der Waals surface area contributed by atoms with Gasteiger partial charge in [-0.1, -0.05) is 51.1 Å². The quantitative estimate of drug-likeness (QED) is 0.614. The van der Waals surface area contributed by atoms with Crippen molar-refractivity contribution in [3.8, 4) is 0 Å². The third-order valence-corrected chi connectivity index (χ3v) is 10.8. The maximum atomic E-state index is 6.77. The molecule has 6 nitrogen and oxygen atoms in total. The fourth-order valence-electron chi connectivity index (χ4n) is 3.60. The zero-order valence-corrected chi connectivity index (χ0v) is 20.4. The van der Waals surface area contributed by atoms with E-state index >= 15 is 0 Å². The molecule has 0 unspecified atom stereocenters. The summed E-state index contributed by atoms with van der Waals surface area (Å²) < 4.78 is 24.7. The SMILES string of the molecule is COC1=CCON(Cc2ccccc2)[C@H]1[C@@H]1O[C@H](C)OC[C@H]1O[Si](C)(C)C(C)(C)C. The van der Waals surface area contributed by atoms with Crippen molar-refractivity contribution < 1.29 is 23.5 Å². The van der Waals surface area contributed by atoms with E-state index in [2.05, 4.69) is 46.0 Å². The predicted molar refractivity (Wildman–Crippen MR) is 119 cm³/mol. The molecule has 0 radical (unpaired) electrons. The van der Waals surface area contributed by atoms with Gasteiger partial charge in [0.2, 0.25) is 0 Å². The average molecular weight is 436 g/mol. The lowest BCUT2D eigenvalue weighted by Gasteiger charge is -2.48. The number of hydroxylamine groups is 2. The van der Waals surface area contributed by atoms with Crippen LogP contribution < -0.4 is 0 Å². The maximum absolute atomic E-state index is 6.77. The van der Waals surface area contributed by atoms with Crippen LogP contribution in [0.4, 0.5) is 0 Å². The molecule has 1 aromatic rings. The van der Waals surface area contributed by atoms with E-state index in [-0.39, 0.29) is 29.6 Å². The van der Waals surface area contributed by atoms with Gasteiger partial charge in [0.25, 0.3) is 0 Å². The number of nitrogens with zero attached hydrogens (tertiary/aromatic N) is 1. The summed E-state index contributed by atoms with van der Waals surface area (Å²) in [7, 11) is -0.322. The summed E-state index contributed by atoms with van der Waals surface area (Å²) in [6, 6.07) is 10.1. The average Bonchev–Trinajstić information content (AvgIpc) is 2.69. The molecule has 0 saturated carbocycles. The van der Waals surface area contributed by atoms with Gasteiger partial charge in [0.1, 0.15) is 17.9 Å². The summed E-state index contributed by atoms with van der Waals surface area (Å²) in [6.07, 6.45) is 1.20. The minimum atomic E-state index is -2.03. The molecule has 0 N–H and O–H groups in total. The molecule has 0 aromatic heterocycles. The molecular weight excluding hydrogens is 398 g/mol. The molecule has 168 valence electrons. The minimum Gasteiger partial charge on any atom is -0.499 e. The molecule has 1 fully saturated rings. The number of hydrogen-bond donors (Lipinski definition) is 0. The zero-order chi connectivity index (χ0) is 21.9. The van der Waals surface area contributed by atoms with E-state index in [1.807, 2.05) is 36.3 Å². The van der Waals surface area contributed by atoms with E-state index in [4.69, 9.17) is 23.5 Å².